The van der Waals surface area contributed by atoms with E-state index >= 15 is 0 Å². The molecule has 2 aromatic carbocycles. The number of hydrogen-bond acceptors (Lipinski definition) is 6. The topological polar surface area (TPSA) is 76.2 Å². The first-order chi connectivity index (χ1) is 14.6. The highest BCUT2D eigenvalue weighted by molar-refractivity contribution is 8.14. The van der Waals surface area contributed by atoms with Gasteiger partial charge in [-0.2, -0.15) is 0 Å². The predicted molar refractivity (Wildman–Crippen MR) is 112 cm³/mol. The number of imide groups is 1. The molecular weight excluding hydrogens is 404 g/mol. The van der Waals surface area contributed by atoms with Crippen LogP contribution in [-0.2, 0) is 16.0 Å². The molecule has 7 nitrogen and oxygen atoms in total. The lowest BCUT2D eigenvalue weighted by Crippen LogP contribution is -2.42. The van der Waals surface area contributed by atoms with Gasteiger partial charge in [-0.15, -0.1) is 0 Å². The van der Waals surface area contributed by atoms with Crippen LogP contribution in [0.5, 0.6) is 5.75 Å². The summed E-state index contributed by atoms with van der Waals surface area (Å²) < 4.78 is 11.7. The average molecular weight is 426 g/mol. The predicted octanol–water partition coefficient (Wildman–Crippen LogP) is 3.45. The normalized spacial score (nSPS) is 17.2. The molecule has 4 rings (SSSR count). The molecule has 2 aromatic rings. The quantitative estimate of drug-likeness (QED) is 0.675. The van der Waals surface area contributed by atoms with E-state index in [1.54, 1.807) is 4.90 Å². The van der Waals surface area contributed by atoms with Gasteiger partial charge in [0.15, 0.2) is 13.0 Å². The van der Waals surface area contributed by atoms with Gasteiger partial charge in [0.1, 0.15) is 5.75 Å². The van der Waals surface area contributed by atoms with Gasteiger partial charge in [0.2, 0.25) is 5.91 Å². The largest absolute Gasteiger partial charge is 0.472 e. The lowest BCUT2D eigenvalue weighted by molar-refractivity contribution is -0.136. The van der Waals surface area contributed by atoms with Crippen LogP contribution in [0.3, 0.4) is 0 Å². The van der Waals surface area contributed by atoms with Gasteiger partial charge >= 0.3 is 0 Å². The monoisotopic (exact) mass is 426 g/mol. The van der Waals surface area contributed by atoms with Gasteiger partial charge in [0.05, 0.1) is 17.9 Å². The van der Waals surface area contributed by atoms with E-state index in [1.807, 2.05) is 55.5 Å². The molecule has 0 aromatic heterocycles. The van der Waals surface area contributed by atoms with Crippen molar-refractivity contribution >= 4 is 28.8 Å². The van der Waals surface area contributed by atoms with Crippen LogP contribution in [0.15, 0.2) is 48.5 Å². The number of thioether (sulfide) groups is 1. The highest BCUT2D eigenvalue weighted by Crippen LogP contribution is 2.31. The summed E-state index contributed by atoms with van der Waals surface area (Å²) in [5.41, 5.74) is 2.32. The van der Waals surface area contributed by atoms with Gasteiger partial charge in [-0.25, -0.2) is 4.90 Å². The molecule has 3 amide bonds. The van der Waals surface area contributed by atoms with Crippen LogP contribution < -0.4 is 4.74 Å². The third kappa shape index (κ3) is 4.06. The van der Waals surface area contributed by atoms with Crippen molar-refractivity contribution in [3.8, 4) is 5.75 Å². The van der Waals surface area contributed by atoms with E-state index in [1.165, 1.54) is 0 Å². The zero-order valence-corrected chi connectivity index (χ0v) is 17.4. The second-order valence-electron chi connectivity index (χ2n) is 6.98. The summed E-state index contributed by atoms with van der Waals surface area (Å²) >= 11 is 0.967. The number of amides is 3. The van der Waals surface area contributed by atoms with E-state index in [4.69, 9.17) is 9.47 Å². The number of ether oxygens (including phenoxy) is 2. The van der Waals surface area contributed by atoms with Crippen LogP contribution in [-0.4, -0.2) is 52.5 Å². The fourth-order valence-electron chi connectivity index (χ4n) is 3.44. The van der Waals surface area contributed by atoms with Crippen LogP contribution in [0.25, 0.3) is 0 Å². The Bertz CT molecular complexity index is 949. The third-order valence-electron chi connectivity index (χ3n) is 5.09. The number of aryl methyl sites for hydroxylation is 1. The number of fused-ring (bicyclic) bond motifs is 1. The Labute approximate surface area is 178 Å². The van der Waals surface area contributed by atoms with E-state index < -0.39 is 6.23 Å². The Morgan fingerprint density at radius 3 is 2.63 bits per heavy atom. The molecule has 156 valence electrons. The lowest BCUT2D eigenvalue weighted by Gasteiger charge is -2.31. The van der Waals surface area contributed by atoms with Crippen molar-refractivity contribution in [1.29, 1.82) is 0 Å². The highest BCUT2D eigenvalue weighted by atomic mass is 32.2. The summed E-state index contributed by atoms with van der Waals surface area (Å²) in [4.78, 5) is 40.0. The summed E-state index contributed by atoms with van der Waals surface area (Å²) in [6, 6.07) is 14.8. The first-order valence-corrected chi connectivity index (χ1v) is 10.8. The summed E-state index contributed by atoms with van der Waals surface area (Å²) in [5.74, 6) is 0.301. The van der Waals surface area contributed by atoms with Crippen LogP contribution >= 0.6 is 11.8 Å². The van der Waals surface area contributed by atoms with Crippen molar-refractivity contribution in [2.24, 2.45) is 0 Å². The summed E-state index contributed by atoms with van der Waals surface area (Å²) in [6.45, 7) is 2.60. The summed E-state index contributed by atoms with van der Waals surface area (Å²) in [7, 11) is 0. The van der Waals surface area contributed by atoms with Gasteiger partial charge in [0, 0.05) is 12.1 Å². The Morgan fingerprint density at radius 2 is 1.93 bits per heavy atom. The summed E-state index contributed by atoms with van der Waals surface area (Å²) in [5, 5.41) is -0.327. The van der Waals surface area contributed by atoms with E-state index in [2.05, 4.69) is 0 Å². The zero-order chi connectivity index (χ0) is 21.1. The molecule has 0 bridgehead atoms. The Balaban J connectivity index is 1.45. The third-order valence-corrected chi connectivity index (χ3v) is 5.92. The minimum absolute atomic E-state index is 0.112. The first-order valence-electron chi connectivity index (χ1n) is 9.79. The molecule has 0 aliphatic carbocycles. The van der Waals surface area contributed by atoms with Gasteiger partial charge in [-0.1, -0.05) is 55.1 Å². The lowest BCUT2D eigenvalue weighted by atomic mass is 10.1. The maximum Gasteiger partial charge on any atom is 0.291 e. The standard InChI is InChI=1S/C22H22N2O5S/c1-2-15-8-9-18-17(12-15)20(26)23(14-29-18)10-11-28-21(16-6-4-3-5-7-16)24-19(25)13-30-22(24)27/h3-9,12,21H,2,10-11,13-14H2,1H3. The van der Waals surface area contributed by atoms with Crippen LogP contribution in [0, 0.1) is 0 Å². The molecule has 1 atom stereocenters. The average Bonchev–Trinajstić information content (AvgIpc) is 3.11. The minimum Gasteiger partial charge on any atom is -0.472 e. The second kappa shape index (κ2) is 8.89. The molecule has 1 fully saturated rings. The Kier molecular flexibility index (Phi) is 6.06. The van der Waals surface area contributed by atoms with Crippen LogP contribution in [0.1, 0.15) is 34.6 Å². The van der Waals surface area contributed by atoms with E-state index in [0.717, 1.165) is 28.6 Å². The maximum atomic E-state index is 12.9. The van der Waals surface area contributed by atoms with Gasteiger partial charge < -0.3 is 14.4 Å². The van der Waals surface area contributed by atoms with Crippen molar-refractivity contribution < 1.29 is 23.9 Å². The molecule has 0 radical (unpaired) electrons. The number of rotatable bonds is 7. The molecule has 2 aliphatic heterocycles. The second-order valence-corrected chi connectivity index (χ2v) is 7.90. The molecule has 0 saturated carbocycles. The first kappa shape index (κ1) is 20.4. The van der Waals surface area contributed by atoms with Gasteiger partial charge in [0.25, 0.3) is 11.1 Å². The molecule has 0 N–H and O–H groups in total. The molecule has 8 heteroatoms. The summed E-state index contributed by atoms with van der Waals surface area (Å²) in [6.07, 6.45) is 0.0132. The van der Waals surface area contributed by atoms with Crippen LogP contribution in [0.4, 0.5) is 4.79 Å². The Morgan fingerprint density at radius 1 is 1.13 bits per heavy atom. The zero-order valence-electron chi connectivity index (χ0n) is 16.6. The molecule has 1 saturated heterocycles. The van der Waals surface area contributed by atoms with Crippen molar-refractivity contribution in [2.45, 2.75) is 19.6 Å². The molecule has 0 spiro atoms. The Hall–Kier alpha value is -2.84. The number of hydrogen-bond donors (Lipinski definition) is 0. The number of carbonyl (C=O) groups excluding carboxylic acids is 3. The molecule has 1 unspecified atom stereocenters. The smallest absolute Gasteiger partial charge is 0.291 e. The van der Waals surface area contributed by atoms with Crippen molar-refractivity contribution in [3.63, 3.8) is 0 Å². The van der Waals surface area contributed by atoms with Crippen LogP contribution in [0.2, 0.25) is 0 Å². The number of nitrogens with zero attached hydrogens (tertiary/aromatic N) is 2. The number of carbonyl (C=O) groups is 3. The van der Waals surface area contributed by atoms with Crippen molar-refractivity contribution in [2.75, 3.05) is 25.6 Å². The minimum atomic E-state index is -0.819. The number of benzene rings is 2. The van der Waals surface area contributed by atoms with E-state index in [-0.39, 0.29) is 42.7 Å². The molecular formula is C22H22N2O5S. The maximum absolute atomic E-state index is 12.9. The SMILES string of the molecule is CCc1ccc2c(c1)C(=O)N(CCOC(c1ccccc1)N1C(=O)CSC1=O)CO2. The highest BCUT2D eigenvalue weighted by Gasteiger charge is 2.37. The van der Waals surface area contributed by atoms with E-state index in [0.29, 0.717) is 16.9 Å². The molecule has 30 heavy (non-hydrogen) atoms. The molecule has 2 heterocycles. The van der Waals surface area contributed by atoms with Crippen molar-refractivity contribution in [3.05, 3.63) is 65.2 Å². The van der Waals surface area contributed by atoms with Crippen molar-refractivity contribution in [1.82, 2.24) is 9.80 Å². The van der Waals surface area contributed by atoms with E-state index in [9.17, 15) is 14.4 Å². The fourth-order valence-corrected chi connectivity index (χ4v) is 4.16. The van der Waals surface area contributed by atoms with Gasteiger partial charge in [-0.05, 0) is 24.1 Å². The van der Waals surface area contributed by atoms with Gasteiger partial charge in [-0.3, -0.25) is 14.4 Å². The fraction of sp³-hybridized carbons (Fsp3) is 0.318. The molecule has 2 aliphatic rings.